The van der Waals surface area contributed by atoms with Crippen LogP contribution in [-0.2, 0) is 0 Å². The second-order valence-corrected chi connectivity index (χ2v) is 4.29. The third-order valence-corrected chi connectivity index (χ3v) is 2.00. The van der Waals surface area contributed by atoms with Gasteiger partial charge in [0.25, 0.3) is 0 Å². The number of halogens is 1. The topological polar surface area (TPSA) is 39.2 Å². The molecule has 0 aromatic carbocycles. The van der Waals surface area contributed by atoms with E-state index in [1.54, 1.807) is 0 Å². The molecule has 0 bridgehead atoms. The molecule has 0 spiro atoms. The van der Waals surface area contributed by atoms with Crippen LogP contribution in [0.2, 0.25) is 0 Å². The molecule has 2 N–H and O–H groups in total. The van der Waals surface area contributed by atoms with Gasteiger partial charge in [0.2, 0.25) is 0 Å². The summed E-state index contributed by atoms with van der Waals surface area (Å²) in [4.78, 5) is 0. The van der Waals surface area contributed by atoms with E-state index in [-0.39, 0.29) is 23.9 Å². The molecule has 76 valence electrons. The summed E-state index contributed by atoms with van der Waals surface area (Å²) in [5, 5.41) is 0. The van der Waals surface area contributed by atoms with Crippen molar-refractivity contribution in [3.05, 3.63) is 23.7 Å². The minimum absolute atomic E-state index is 0. The van der Waals surface area contributed by atoms with Crippen LogP contribution in [0, 0.1) is 12.3 Å². The van der Waals surface area contributed by atoms with E-state index in [1.807, 2.05) is 19.1 Å². The molecule has 0 aliphatic heterocycles. The lowest BCUT2D eigenvalue weighted by molar-refractivity contribution is 0.282. The highest BCUT2D eigenvalue weighted by molar-refractivity contribution is 5.85. The average Bonchev–Trinajstić information content (AvgIpc) is 2.32. The molecule has 0 aliphatic rings. The third kappa shape index (κ3) is 3.05. The van der Waals surface area contributed by atoms with E-state index in [4.69, 9.17) is 10.2 Å². The van der Waals surface area contributed by atoms with Crippen molar-refractivity contribution in [1.82, 2.24) is 0 Å². The summed E-state index contributed by atoms with van der Waals surface area (Å²) >= 11 is 0. The monoisotopic (exact) mass is 203 g/mol. The predicted octanol–water partition coefficient (Wildman–Crippen LogP) is 3.06. The minimum Gasteiger partial charge on any atom is -0.465 e. The van der Waals surface area contributed by atoms with Crippen molar-refractivity contribution in [2.24, 2.45) is 11.1 Å². The highest BCUT2D eigenvalue weighted by Gasteiger charge is 2.24. The smallest absolute Gasteiger partial charge is 0.121 e. The molecule has 1 rings (SSSR count). The van der Waals surface area contributed by atoms with Crippen LogP contribution < -0.4 is 5.73 Å². The third-order valence-electron chi connectivity index (χ3n) is 2.00. The van der Waals surface area contributed by atoms with Gasteiger partial charge in [-0.15, -0.1) is 12.4 Å². The van der Waals surface area contributed by atoms with Crippen LogP contribution >= 0.6 is 12.4 Å². The Labute approximate surface area is 85.9 Å². The Morgan fingerprint density at radius 1 is 1.31 bits per heavy atom. The second kappa shape index (κ2) is 4.16. The normalized spacial score (nSPS) is 13.6. The fourth-order valence-corrected chi connectivity index (χ4v) is 1.05. The first-order valence-electron chi connectivity index (χ1n) is 4.23. The van der Waals surface area contributed by atoms with Crippen molar-refractivity contribution in [1.29, 1.82) is 0 Å². The second-order valence-electron chi connectivity index (χ2n) is 4.29. The van der Waals surface area contributed by atoms with E-state index in [0.717, 1.165) is 11.5 Å². The van der Waals surface area contributed by atoms with Crippen molar-refractivity contribution < 1.29 is 4.42 Å². The highest BCUT2D eigenvalue weighted by Crippen LogP contribution is 2.30. The Balaban J connectivity index is 0.00000144. The van der Waals surface area contributed by atoms with Gasteiger partial charge < -0.3 is 10.2 Å². The molecule has 0 saturated carbocycles. The van der Waals surface area contributed by atoms with Crippen molar-refractivity contribution >= 4 is 12.4 Å². The summed E-state index contributed by atoms with van der Waals surface area (Å²) in [6.07, 6.45) is 0. The molecule has 2 nitrogen and oxygen atoms in total. The lowest BCUT2D eigenvalue weighted by Gasteiger charge is -2.24. The first kappa shape index (κ1) is 12.5. The first-order valence-corrected chi connectivity index (χ1v) is 4.23. The van der Waals surface area contributed by atoms with Gasteiger partial charge in [0, 0.05) is 0 Å². The van der Waals surface area contributed by atoms with E-state index < -0.39 is 0 Å². The average molecular weight is 204 g/mol. The van der Waals surface area contributed by atoms with Crippen LogP contribution in [0.4, 0.5) is 0 Å². The Bertz CT molecular complexity index is 262. The standard InChI is InChI=1S/C10H17NO.ClH/c1-7-5-6-8(12-7)9(11)10(2,3)4;/h5-6,9H,11H2,1-4H3;1H. The van der Waals surface area contributed by atoms with Crippen LogP contribution in [0.15, 0.2) is 16.5 Å². The Kier molecular flexibility index (Phi) is 4.01. The van der Waals surface area contributed by atoms with E-state index in [1.165, 1.54) is 0 Å². The highest BCUT2D eigenvalue weighted by atomic mass is 35.5. The molecule has 0 aliphatic carbocycles. The molecule has 0 fully saturated rings. The summed E-state index contributed by atoms with van der Waals surface area (Å²) in [6, 6.07) is 3.87. The molecule has 1 atom stereocenters. The molecule has 0 saturated heterocycles. The largest absolute Gasteiger partial charge is 0.465 e. The summed E-state index contributed by atoms with van der Waals surface area (Å²) in [5.41, 5.74) is 6.05. The molecule has 3 heteroatoms. The molecule has 13 heavy (non-hydrogen) atoms. The molecule has 1 heterocycles. The van der Waals surface area contributed by atoms with Crippen LogP contribution in [0.5, 0.6) is 0 Å². The van der Waals surface area contributed by atoms with Gasteiger partial charge in [-0.1, -0.05) is 20.8 Å². The van der Waals surface area contributed by atoms with E-state index in [0.29, 0.717) is 0 Å². The summed E-state index contributed by atoms with van der Waals surface area (Å²) in [6.45, 7) is 8.25. The van der Waals surface area contributed by atoms with Gasteiger partial charge in [0.1, 0.15) is 11.5 Å². The van der Waals surface area contributed by atoms with Crippen LogP contribution in [0.25, 0.3) is 0 Å². The fraction of sp³-hybridized carbons (Fsp3) is 0.600. The summed E-state index contributed by atoms with van der Waals surface area (Å²) in [5.74, 6) is 1.80. The van der Waals surface area contributed by atoms with Gasteiger partial charge in [-0.05, 0) is 24.5 Å². The molecule has 1 aromatic rings. The summed E-state index contributed by atoms with van der Waals surface area (Å²) in [7, 11) is 0. The molecule has 1 unspecified atom stereocenters. The van der Waals surface area contributed by atoms with E-state index in [9.17, 15) is 0 Å². The van der Waals surface area contributed by atoms with Gasteiger partial charge in [0.05, 0.1) is 6.04 Å². The predicted molar refractivity (Wildman–Crippen MR) is 57.1 cm³/mol. The maximum Gasteiger partial charge on any atom is 0.121 e. The molecular formula is C10H18ClNO. The maximum atomic E-state index is 5.99. The summed E-state index contributed by atoms with van der Waals surface area (Å²) < 4.78 is 5.45. The Morgan fingerprint density at radius 2 is 1.85 bits per heavy atom. The van der Waals surface area contributed by atoms with Gasteiger partial charge >= 0.3 is 0 Å². The zero-order valence-corrected chi connectivity index (χ0v) is 9.44. The van der Waals surface area contributed by atoms with Crippen molar-refractivity contribution in [2.45, 2.75) is 33.7 Å². The minimum atomic E-state index is -0.0220. The number of furan rings is 1. The fourth-order valence-electron chi connectivity index (χ4n) is 1.05. The van der Waals surface area contributed by atoms with Crippen LogP contribution in [-0.4, -0.2) is 0 Å². The quantitative estimate of drug-likeness (QED) is 0.762. The molecule has 1 aromatic heterocycles. The lowest BCUT2D eigenvalue weighted by atomic mass is 9.86. The Hall–Kier alpha value is -0.470. The van der Waals surface area contributed by atoms with Crippen molar-refractivity contribution in [3.63, 3.8) is 0 Å². The van der Waals surface area contributed by atoms with Gasteiger partial charge in [-0.3, -0.25) is 0 Å². The number of nitrogens with two attached hydrogens (primary N) is 1. The van der Waals surface area contributed by atoms with E-state index in [2.05, 4.69) is 20.8 Å². The zero-order valence-electron chi connectivity index (χ0n) is 8.63. The molecule has 0 radical (unpaired) electrons. The van der Waals surface area contributed by atoms with Gasteiger partial charge in [0.15, 0.2) is 0 Å². The zero-order chi connectivity index (χ0) is 9.35. The number of aryl methyl sites for hydroxylation is 1. The van der Waals surface area contributed by atoms with Crippen LogP contribution in [0.3, 0.4) is 0 Å². The molecule has 0 amide bonds. The number of hydrogen-bond donors (Lipinski definition) is 1. The van der Waals surface area contributed by atoms with Gasteiger partial charge in [-0.2, -0.15) is 0 Å². The Morgan fingerprint density at radius 3 is 2.15 bits per heavy atom. The first-order chi connectivity index (χ1) is 5.41. The molecular weight excluding hydrogens is 186 g/mol. The van der Waals surface area contributed by atoms with Crippen LogP contribution in [0.1, 0.15) is 38.3 Å². The van der Waals surface area contributed by atoms with Gasteiger partial charge in [-0.25, -0.2) is 0 Å². The van der Waals surface area contributed by atoms with Crippen molar-refractivity contribution in [3.8, 4) is 0 Å². The maximum absolute atomic E-state index is 5.99. The lowest BCUT2D eigenvalue weighted by Crippen LogP contribution is -2.25. The number of hydrogen-bond acceptors (Lipinski definition) is 2. The SMILES string of the molecule is Cc1ccc(C(N)C(C)(C)C)o1.Cl. The van der Waals surface area contributed by atoms with E-state index >= 15 is 0 Å². The van der Waals surface area contributed by atoms with Crippen molar-refractivity contribution in [2.75, 3.05) is 0 Å². The number of rotatable bonds is 1.